The van der Waals surface area contributed by atoms with Gasteiger partial charge in [0.25, 0.3) is 5.91 Å². The van der Waals surface area contributed by atoms with Crippen molar-refractivity contribution in [3.05, 3.63) is 41.2 Å². The number of fused-ring (bicyclic) bond motifs is 1. The fourth-order valence-electron chi connectivity index (χ4n) is 4.18. The molecule has 1 spiro atoms. The Hall–Kier alpha value is -2.49. The molecule has 1 aromatic carbocycles. The summed E-state index contributed by atoms with van der Waals surface area (Å²) in [5, 5.41) is 8.39. The second-order valence-electron chi connectivity index (χ2n) is 7.54. The molecule has 0 aliphatic carbocycles. The van der Waals surface area contributed by atoms with Crippen LogP contribution in [0.3, 0.4) is 0 Å². The minimum atomic E-state index is -0.503. The van der Waals surface area contributed by atoms with Gasteiger partial charge in [-0.15, -0.1) is 5.10 Å². The summed E-state index contributed by atoms with van der Waals surface area (Å²) in [7, 11) is 1.64. The van der Waals surface area contributed by atoms with Gasteiger partial charge in [-0.3, -0.25) is 4.79 Å². The highest BCUT2D eigenvalue weighted by Crippen LogP contribution is 2.33. The Morgan fingerprint density at radius 2 is 1.90 bits per heavy atom. The molecule has 0 N–H and O–H groups in total. The van der Waals surface area contributed by atoms with Gasteiger partial charge in [0.2, 0.25) is 0 Å². The largest absolute Gasteiger partial charge is 0.497 e. The van der Waals surface area contributed by atoms with Crippen molar-refractivity contribution in [2.24, 2.45) is 0 Å². The summed E-state index contributed by atoms with van der Waals surface area (Å²) in [4.78, 5) is 14.8. The molecule has 0 saturated carbocycles. The highest BCUT2D eigenvalue weighted by Gasteiger charge is 2.41. The van der Waals surface area contributed by atoms with Gasteiger partial charge in [0.15, 0.2) is 11.5 Å². The molecule has 1 aromatic heterocycles. The zero-order valence-corrected chi connectivity index (χ0v) is 16.4. The fourth-order valence-corrected chi connectivity index (χ4v) is 4.18. The molecule has 9 heteroatoms. The minimum absolute atomic E-state index is 0.106. The van der Waals surface area contributed by atoms with E-state index in [1.807, 2.05) is 24.3 Å². The molecule has 154 valence electrons. The van der Waals surface area contributed by atoms with E-state index in [4.69, 9.17) is 18.9 Å². The number of methoxy groups -OCH3 is 1. The number of ether oxygens (including phenoxy) is 4. The number of amides is 1. The fraction of sp³-hybridized carbons (Fsp3) is 0.550. The van der Waals surface area contributed by atoms with Crippen LogP contribution in [-0.2, 0) is 27.4 Å². The van der Waals surface area contributed by atoms with E-state index in [0.29, 0.717) is 58.0 Å². The zero-order valence-electron chi connectivity index (χ0n) is 16.4. The molecule has 0 radical (unpaired) electrons. The Morgan fingerprint density at radius 3 is 2.59 bits per heavy atom. The topological polar surface area (TPSA) is 87.9 Å². The number of carbonyl (C=O) groups excluding carboxylic acids is 1. The summed E-state index contributed by atoms with van der Waals surface area (Å²) < 4.78 is 24.5. The Morgan fingerprint density at radius 1 is 1.17 bits per heavy atom. The van der Waals surface area contributed by atoms with Crippen LogP contribution in [0.5, 0.6) is 5.75 Å². The predicted octanol–water partition coefficient (Wildman–Crippen LogP) is 1.54. The Bertz CT molecular complexity index is 881. The van der Waals surface area contributed by atoms with Crippen LogP contribution in [0.25, 0.3) is 0 Å². The van der Waals surface area contributed by atoms with Gasteiger partial charge in [-0.1, -0.05) is 17.3 Å². The van der Waals surface area contributed by atoms with Crippen LogP contribution in [0.15, 0.2) is 24.3 Å². The molecule has 9 nitrogen and oxygen atoms in total. The third-order valence-corrected chi connectivity index (χ3v) is 5.91. The van der Waals surface area contributed by atoms with Gasteiger partial charge < -0.3 is 23.8 Å². The van der Waals surface area contributed by atoms with Crippen molar-refractivity contribution in [2.75, 3.05) is 33.4 Å². The maximum absolute atomic E-state index is 13.0. The third kappa shape index (κ3) is 3.39. The number of hydrogen-bond acceptors (Lipinski definition) is 7. The van der Waals surface area contributed by atoms with E-state index in [1.54, 1.807) is 16.7 Å². The van der Waals surface area contributed by atoms with Crippen LogP contribution in [0.2, 0.25) is 0 Å². The van der Waals surface area contributed by atoms with Gasteiger partial charge in [-0.2, -0.15) is 0 Å². The first-order chi connectivity index (χ1) is 14.2. The number of carbonyl (C=O) groups is 1. The van der Waals surface area contributed by atoms with Crippen LogP contribution in [0.1, 0.15) is 40.7 Å². The summed E-state index contributed by atoms with van der Waals surface area (Å²) in [6.07, 6.45) is 1.22. The summed E-state index contributed by atoms with van der Waals surface area (Å²) in [6, 6.07) is 7.78. The van der Waals surface area contributed by atoms with Crippen LogP contribution >= 0.6 is 0 Å². The quantitative estimate of drug-likeness (QED) is 0.772. The number of hydrogen-bond donors (Lipinski definition) is 0. The molecule has 4 heterocycles. The Labute approximate surface area is 168 Å². The van der Waals surface area contributed by atoms with Crippen LogP contribution < -0.4 is 4.74 Å². The molecule has 2 aromatic rings. The Kier molecular flexibility index (Phi) is 4.73. The second-order valence-corrected chi connectivity index (χ2v) is 7.54. The van der Waals surface area contributed by atoms with E-state index in [0.717, 1.165) is 17.0 Å². The van der Waals surface area contributed by atoms with E-state index in [-0.39, 0.29) is 12.0 Å². The summed E-state index contributed by atoms with van der Waals surface area (Å²) in [6.45, 7) is 3.24. The molecule has 2 fully saturated rings. The monoisotopic (exact) mass is 400 g/mol. The Balaban J connectivity index is 1.27. The standard InChI is InChI=1S/C20H24N4O5/c1-26-15-4-2-14(3-5-15)17-12-24-16(13-27-17)18(21-22-24)19(25)23-8-6-20(7-9-23)28-10-11-29-20/h2-5,17H,6-13H2,1H3/t17-/m0/s1. The zero-order chi connectivity index (χ0) is 19.8. The van der Waals surface area contributed by atoms with E-state index >= 15 is 0 Å². The SMILES string of the molecule is COc1ccc([C@@H]2Cn3nnc(C(=O)N4CCC5(CC4)OCCO5)c3CO2)cc1. The number of benzene rings is 1. The van der Waals surface area contributed by atoms with Gasteiger partial charge in [-0.05, 0) is 17.7 Å². The summed E-state index contributed by atoms with van der Waals surface area (Å²) in [5.74, 6) is 0.193. The molecule has 3 aliphatic heterocycles. The average Bonchev–Trinajstić information content (AvgIpc) is 3.40. The lowest BCUT2D eigenvalue weighted by atomic mass is 10.0. The van der Waals surface area contributed by atoms with Gasteiger partial charge in [0.05, 0.1) is 39.2 Å². The lowest BCUT2D eigenvalue weighted by Crippen LogP contribution is -2.47. The van der Waals surface area contributed by atoms with Crippen molar-refractivity contribution < 1.29 is 23.7 Å². The predicted molar refractivity (Wildman–Crippen MR) is 100 cm³/mol. The number of nitrogens with zero attached hydrogens (tertiary/aromatic N) is 4. The molecule has 1 atom stereocenters. The number of aromatic nitrogens is 3. The van der Waals surface area contributed by atoms with E-state index in [2.05, 4.69) is 10.3 Å². The number of rotatable bonds is 3. The van der Waals surface area contributed by atoms with E-state index in [9.17, 15) is 4.79 Å². The van der Waals surface area contributed by atoms with Crippen molar-refractivity contribution in [1.29, 1.82) is 0 Å². The molecular formula is C20H24N4O5. The van der Waals surface area contributed by atoms with Crippen molar-refractivity contribution >= 4 is 5.91 Å². The molecule has 2 saturated heterocycles. The van der Waals surface area contributed by atoms with Gasteiger partial charge in [0.1, 0.15) is 11.9 Å². The van der Waals surface area contributed by atoms with E-state index < -0.39 is 5.79 Å². The molecular weight excluding hydrogens is 376 g/mol. The summed E-state index contributed by atoms with van der Waals surface area (Å²) in [5.41, 5.74) is 2.15. The number of piperidine rings is 1. The lowest BCUT2D eigenvalue weighted by molar-refractivity contribution is -0.181. The van der Waals surface area contributed by atoms with Gasteiger partial charge in [0, 0.05) is 25.9 Å². The van der Waals surface area contributed by atoms with Gasteiger partial charge in [-0.25, -0.2) is 4.68 Å². The van der Waals surface area contributed by atoms with Crippen molar-refractivity contribution in [3.63, 3.8) is 0 Å². The lowest BCUT2D eigenvalue weighted by Gasteiger charge is -2.37. The smallest absolute Gasteiger partial charge is 0.276 e. The highest BCUT2D eigenvalue weighted by atomic mass is 16.7. The third-order valence-electron chi connectivity index (χ3n) is 5.91. The van der Waals surface area contributed by atoms with Crippen molar-refractivity contribution in [1.82, 2.24) is 19.9 Å². The minimum Gasteiger partial charge on any atom is -0.497 e. The first kappa shape index (κ1) is 18.5. The first-order valence-electron chi connectivity index (χ1n) is 9.92. The second kappa shape index (κ2) is 7.40. The molecule has 1 amide bonds. The molecule has 0 unspecified atom stereocenters. The van der Waals surface area contributed by atoms with E-state index in [1.165, 1.54) is 0 Å². The van der Waals surface area contributed by atoms with Crippen LogP contribution in [0.4, 0.5) is 0 Å². The number of likely N-dealkylation sites (tertiary alicyclic amines) is 1. The summed E-state index contributed by atoms with van der Waals surface area (Å²) >= 11 is 0. The van der Waals surface area contributed by atoms with Crippen molar-refractivity contribution in [2.45, 2.75) is 37.9 Å². The highest BCUT2D eigenvalue weighted by molar-refractivity contribution is 5.93. The molecule has 29 heavy (non-hydrogen) atoms. The molecule has 3 aliphatic rings. The normalized spacial score (nSPS) is 23.2. The van der Waals surface area contributed by atoms with Crippen LogP contribution in [0, 0.1) is 0 Å². The van der Waals surface area contributed by atoms with Crippen molar-refractivity contribution in [3.8, 4) is 5.75 Å². The maximum atomic E-state index is 13.0. The maximum Gasteiger partial charge on any atom is 0.276 e. The van der Waals surface area contributed by atoms with Gasteiger partial charge >= 0.3 is 0 Å². The van der Waals surface area contributed by atoms with Crippen LogP contribution in [-0.4, -0.2) is 65.0 Å². The molecule has 5 rings (SSSR count). The molecule has 0 bridgehead atoms. The first-order valence-corrected chi connectivity index (χ1v) is 9.92. The average molecular weight is 400 g/mol.